The van der Waals surface area contributed by atoms with E-state index in [1.807, 2.05) is 18.3 Å². The average molecular weight is 475 g/mol. The van der Waals surface area contributed by atoms with Gasteiger partial charge in [0.25, 0.3) is 0 Å². The highest BCUT2D eigenvalue weighted by molar-refractivity contribution is 6.92. The van der Waals surface area contributed by atoms with Gasteiger partial charge >= 0.3 is 27.9 Å². The maximum atomic E-state index is 6.34. The maximum absolute atomic E-state index is 6.34. The molecule has 8 rings (SSSR count). The van der Waals surface area contributed by atoms with Crippen LogP contribution in [0.3, 0.4) is 0 Å². The van der Waals surface area contributed by atoms with E-state index >= 15 is 0 Å². The van der Waals surface area contributed by atoms with Crippen LogP contribution in [0.25, 0.3) is 27.6 Å². The van der Waals surface area contributed by atoms with Crippen molar-refractivity contribution in [2.45, 2.75) is 0 Å². The van der Waals surface area contributed by atoms with Crippen molar-refractivity contribution in [2.75, 3.05) is 0 Å². The molecular weight excluding hydrogens is 454 g/mol. The van der Waals surface area contributed by atoms with Crippen LogP contribution in [-0.4, -0.2) is 51.8 Å². The Labute approximate surface area is 217 Å². The summed E-state index contributed by atoms with van der Waals surface area (Å²) in [5.41, 5.74) is 4.82. The molecule has 5 aliphatic heterocycles. The van der Waals surface area contributed by atoms with Crippen LogP contribution in [0, 0.1) is 0 Å². The minimum Gasteiger partial charge on any atom is -0.454 e. The molecule has 0 saturated carbocycles. The van der Waals surface area contributed by atoms with Crippen molar-refractivity contribution in [3.63, 3.8) is 0 Å². The van der Waals surface area contributed by atoms with E-state index in [1.165, 1.54) is 0 Å². The summed E-state index contributed by atoms with van der Waals surface area (Å²) in [6, 6.07) is 10.2. The van der Waals surface area contributed by atoms with Crippen LogP contribution < -0.4 is 0 Å². The van der Waals surface area contributed by atoms with E-state index in [0.29, 0.717) is 0 Å². The highest BCUT2D eigenvalue weighted by Crippen LogP contribution is 2.36. The first-order valence-electron chi connectivity index (χ1n) is 12.7. The molecule has 0 N–H and O–H groups in total. The number of hydrogen-bond acceptors (Lipinski definition) is 6. The van der Waals surface area contributed by atoms with Crippen molar-refractivity contribution < 1.29 is 4.42 Å². The van der Waals surface area contributed by atoms with E-state index in [-0.39, 0.29) is 27.9 Å². The fraction of sp³-hybridized carbons (Fsp3) is 0. The summed E-state index contributed by atoms with van der Waals surface area (Å²) in [5, 5.41) is 1.04. The quantitative estimate of drug-likeness (QED) is 0.485. The van der Waals surface area contributed by atoms with Crippen LogP contribution in [0.5, 0.6) is 0 Å². The molecule has 0 unspecified atom stereocenters. The molecule has 7 heterocycles. The summed E-state index contributed by atoms with van der Waals surface area (Å²) >= 11 is 0. The van der Waals surface area contributed by atoms with Gasteiger partial charge in [-0.25, -0.2) is 0 Å². The second-order valence-electron chi connectivity index (χ2n) is 9.69. The first-order valence-corrected chi connectivity index (χ1v) is 12.7. The van der Waals surface area contributed by atoms with Crippen molar-refractivity contribution in [1.29, 1.82) is 0 Å². The molecular formula is C27H21B4N5O. The Morgan fingerprint density at radius 1 is 0.649 bits per heavy atom. The molecule has 6 nitrogen and oxygen atoms in total. The molecule has 10 heteroatoms. The summed E-state index contributed by atoms with van der Waals surface area (Å²) in [7, 11) is 0. The maximum Gasteiger partial charge on any atom is 0.381 e. The zero-order valence-electron chi connectivity index (χ0n) is 20.1. The first kappa shape index (κ1) is 20.7. The van der Waals surface area contributed by atoms with E-state index in [1.54, 1.807) is 0 Å². The van der Waals surface area contributed by atoms with Crippen molar-refractivity contribution in [3.8, 4) is 0 Å². The van der Waals surface area contributed by atoms with Gasteiger partial charge in [0.1, 0.15) is 11.1 Å². The van der Waals surface area contributed by atoms with Gasteiger partial charge in [0.15, 0.2) is 5.58 Å². The van der Waals surface area contributed by atoms with Gasteiger partial charge in [-0.05, 0) is 72.9 Å². The standard InChI is InChI=1S/C27H21B4N5O/c1-4-17-33-28(13-1)34-18-5-2-15-30(34)36-20-12-22(21-31(36)35-19-6-3-14-29(33)35)23-9-7-10-24-26-25(37-27(23)24)11-8-16-32-26/h1-21H. The molecule has 37 heavy (non-hydrogen) atoms. The van der Waals surface area contributed by atoms with Crippen LogP contribution >= 0.6 is 0 Å². The summed E-state index contributed by atoms with van der Waals surface area (Å²) < 4.78 is 16.1. The number of nitrogens with zero attached hydrogens (tertiary/aromatic N) is 5. The molecule has 1 saturated heterocycles. The minimum absolute atomic E-state index is 0.00661. The molecule has 0 amide bonds. The lowest BCUT2D eigenvalue weighted by atomic mass is 9.41. The normalized spacial score (nSPS) is 19.4. The molecule has 172 valence electrons. The molecule has 2 aromatic heterocycles. The number of hydrogen-bond donors (Lipinski definition) is 0. The van der Waals surface area contributed by atoms with Gasteiger partial charge in [0.2, 0.25) is 0 Å². The van der Waals surface area contributed by atoms with Gasteiger partial charge in [0, 0.05) is 17.1 Å². The van der Waals surface area contributed by atoms with Crippen molar-refractivity contribution >= 4 is 55.6 Å². The number of fused-ring (bicyclic) bond motifs is 11. The van der Waals surface area contributed by atoms with Crippen LogP contribution in [0.15, 0.2) is 132 Å². The first-order chi connectivity index (χ1) is 18.4. The lowest BCUT2D eigenvalue weighted by Crippen LogP contribution is -2.73. The third-order valence-electron chi connectivity index (χ3n) is 7.72. The minimum atomic E-state index is -0.00661. The third kappa shape index (κ3) is 3.08. The summed E-state index contributed by atoms with van der Waals surface area (Å²) in [6.45, 7) is 0.238. The summed E-state index contributed by atoms with van der Waals surface area (Å²) in [4.78, 5) is 4.58. The SMILES string of the molecule is C1=CB2N(C=C1)B1C=CC=CN1B1C=C(c3cccc4c3oc3cccnc34)C=CN1B1C=CC=CN21. The Hall–Kier alpha value is -4.45. The van der Waals surface area contributed by atoms with E-state index in [2.05, 4.69) is 133 Å². The van der Waals surface area contributed by atoms with Crippen LogP contribution in [0.2, 0.25) is 0 Å². The number of rotatable bonds is 1. The molecule has 0 spiro atoms. The molecule has 0 bridgehead atoms. The van der Waals surface area contributed by atoms with Gasteiger partial charge in [-0.3, -0.25) is 4.98 Å². The Bertz CT molecular complexity index is 1640. The average Bonchev–Trinajstić information content (AvgIpc) is 3.35. The van der Waals surface area contributed by atoms with Crippen LogP contribution in [0.1, 0.15) is 5.56 Å². The van der Waals surface area contributed by atoms with Gasteiger partial charge < -0.3 is 23.3 Å². The molecule has 3 aromatic rings. The van der Waals surface area contributed by atoms with Crippen molar-refractivity contribution in [2.24, 2.45) is 0 Å². The number of aromatic nitrogens is 1. The topological polar surface area (TPSA) is 39.0 Å². The molecule has 5 aliphatic rings. The van der Waals surface area contributed by atoms with Gasteiger partial charge in [-0.1, -0.05) is 54.3 Å². The Morgan fingerprint density at radius 2 is 1.30 bits per heavy atom. The van der Waals surface area contributed by atoms with E-state index < -0.39 is 0 Å². The molecule has 0 aliphatic carbocycles. The fourth-order valence-electron chi connectivity index (χ4n) is 6.06. The van der Waals surface area contributed by atoms with Gasteiger partial charge in [0.05, 0.1) is 0 Å². The van der Waals surface area contributed by atoms with Crippen molar-refractivity contribution in [1.82, 2.24) is 23.9 Å². The number of benzene rings is 1. The van der Waals surface area contributed by atoms with E-state index in [4.69, 9.17) is 4.42 Å². The largest absolute Gasteiger partial charge is 0.454 e. The second-order valence-corrected chi connectivity index (χ2v) is 9.69. The lowest BCUT2D eigenvalue weighted by molar-refractivity contribution is 0.622. The van der Waals surface area contributed by atoms with Crippen LogP contribution in [-0.2, 0) is 0 Å². The smallest absolute Gasteiger partial charge is 0.381 e. The highest BCUT2D eigenvalue weighted by Gasteiger charge is 2.49. The predicted octanol–water partition coefficient (Wildman–Crippen LogP) is 4.47. The highest BCUT2D eigenvalue weighted by atomic mass is 16.3. The Kier molecular flexibility index (Phi) is 4.50. The monoisotopic (exact) mass is 475 g/mol. The number of furan rings is 1. The van der Waals surface area contributed by atoms with Gasteiger partial charge in [-0.2, -0.15) is 0 Å². The lowest BCUT2D eigenvalue weighted by Gasteiger charge is -2.53. The second kappa shape index (κ2) is 8.03. The number of pyridine rings is 1. The molecule has 1 fully saturated rings. The zero-order chi connectivity index (χ0) is 24.3. The molecule has 0 radical (unpaired) electrons. The van der Waals surface area contributed by atoms with Crippen LogP contribution in [0.4, 0.5) is 0 Å². The van der Waals surface area contributed by atoms with E-state index in [0.717, 1.165) is 33.2 Å². The van der Waals surface area contributed by atoms with Crippen molar-refractivity contribution in [3.05, 3.63) is 133 Å². The molecule has 0 atom stereocenters. The fourth-order valence-corrected chi connectivity index (χ4v) is 6.06. The van der Waals surface area contributed by atoms with Gasteiger partial charge in [-0.15, -0.1) is 0 Å². The van der Waals surface area contributed by atoms with E-state index in [9.17, 15) is 0 Å². The Balaban J connectivity index is 1.29. The summed E-state index contributed by atoms with van der Waals surface area (Å²) in [6.07, 6.45) is 25.7. The number of para-hydroxylation sites is 1. The number of allylic oxidation sites excluding steroid dienone is 8. The third-order valence-corrected chi connectivity index (χ3v) is 7.72. The predicted molar refractivity (Wildman–Crippen MR) is 154 cm³/mol. The molecule has 1 aromatic carbocycles. The zero-order valence-corrected chi connectivity index (χ0v) is 20.1. The Morgan fingerprint density at radius 3 is 2.00 bits per heavy atom. The summed E-state index contributed by atoms with van der Waals surface area (Å²) in [5.74, 6) is 9.18.